The van der Waals surface area contributed by atoms with E-state index in [0.717, 1.165) is 11.3 Å². The van der Waals surface area contributed by atoms with Crippen molar-refractivity contribution in [2.75, 3.05) is 13.2 Å². The molecule has 1 aliphatic heterocycles. The van der Waals surface area contributed by atoms with E-state index in [1.54, 1.807) is 6.92 Å². The number of ether oxygens (including phenoxy) is 2. The van der Waals surface area contributed by atoms with E-state index < -0.39 is 16.9 Å². The van der Waals surface area contributed by atoms with Crippen molar-refractivity contribution >= 4 is 11.9 Å². The van der Waals surface area contributed by atoms with E-state index in [-0.39, 0.29) is 31.1 Å². The highest BCUT2D eigenvalue weighted by Gasteiger charge is 2.74. The highest BCUT2D eigenvalue weighted by atomic mass is 16.5. The van der Waals surface area contributed by atoms with E-state index in [9.17, 15) is 9.59 Å². The molecule has 0 saturated heterocycles. The lowest BCUT2D eigenvalue weighted by Crippen LogP contribution is -2.75. The minimum absolute atomic E-state index is 0.0954. The van der Waals surface area contributed by atoms with Gasteiger partial charge in [0.25, 0.3) is 0 Å². The molecule has 1 heterocycles. The maximum absolute atomic E-state index is 13.7. The average Bonchev–Trinajstić information content (AvgIpc) is 2.78. The van der Waals surface area contributed by atoms with Gasteiger partial charge < -0.3 is 14.8 Å². The number of hydrogen-bond donors (Lipinski definition) is 1. The van der Waals surface area contributed by atoms with Crippen LogP contribution in [0.3, 0.4) is 0 Å². The summed E-state index contributed by atoms with van der Waals surface area (Å²) in [5.74, 6) is -1.03. The number of allylic oxidation sites excluding steroid dienone is 1. The Morgan fingerprint density at radius 3 is 2.06 bits per heavy atom. The fraction of sp³-hybridized carbons (Fsp3) is 0.407. The van der Waals surface area contributed by atoms with Crippen LogP contribution in [-0.2, 0) is 19.1 Å². The molecule has 168 valence electrons. The molecule has 0 radical (unpaired) electrons. The Balaban J connectivity index is 1.94. The Kier molecular flexibility index (Phi) is 5.85. The Hall–Kier alpha value is -3.08. The topological polar surface area (TPSA) is 64.6 Å². The molecule has 0 amide bonds. The minimum atomic E-state index is -0.938. The number of esters is 2. The van der Waals surface area contributed by atoms with Crippen LogP contribution in [0.1, 0.15) is 57.1 Å². The summed E-state index contributed by atoms with van der Waals surface area (Å²) < 4.78 is 11.1. The van der Waals surface area contributed by atoms with E-state index in [4.69, 9.17) is 9.47 Å². The lowest BCUT2D eigenvalue weighted by atomic mass is 9.40. The highest BCUT2D eigenvalue weighted by molar-refractivity contribution is 5.96. The zero-order chi connectivity index (χ0) is 22.9. The van der Waals surface area contributed by atoms with Crippen molar-refractivity contribution in [2.45, 2.75) is 51.5 Å². The summed E-state index contributed by atoms with van der Waals surface area (Å²) in [7, 11) is 0. The largest absolute Gasteiger partial charge is 0.465 e. The molecule has 4 atom stereocenters. The third-order valence-electron chi connectivity index (χ3n) is 7.25. The highest BCUT2D eigenvalue weighted by Crippen LogP contribution is 2.69. The molecule has 5 nitrogen and oxygen atoms in total. The minimum Gasteiger partial charge on any atom is -0.465 e. The lowest BCUT2D eigenvalue weighted by molar-refractivity contribution is -0.179. The maximum atomic E-state index is 13.7. The van der Waals surface area contributed by atoms with Crippen molar-refractivity contribution in [3.8, 4) is 0 Å². The molecular formula is C27H31NO4. The fourth-order valence-electron chi connectivity index (χ4n) is 5.84. The number of fused-ring (bicyclic) bond motifs is 1. The third-order valence-corrected chi connectivity index (χ3v) is 7.25. The van der Waals surface area contributed by atoms with Crippen LogP contribution < -0.4 is 5.32 Å². The molecule has 2 aliphatic rings. The first-order valence-corrected chi connectivity index (χ1v) is 11.3. The average molecular weight is 434 g/mol. The molecule has 5 heteroatoms. The number of benzene rings is 2. The van der Waals surface area contributed by atoms with Crippen LogP contribution in [0.5, 0.6) is 0 Å². The monoisotopic (exact) mass is 433 g/mol. The Labute approximate surface area is 189 Å². The summed E-state index contributed by atoms with van der Waals surface area (Å²) in [6.07, 6.45) is 0.578. The Morgan fingerprint density at radius 2 is 1.50 bits per heavy atom. The Bertz CT molecular complexity index is 1030. The Morgan fingerprint density at radius 1 is 0.938 bits per heavy atom. The first-order chi connectivity index (χ1) is 15.4. The second kappa shape index (κ2) is 8.45. The van der Waals surface area contributed by atoms with Crippen molar-refractivity contribution < 1.29 is 19.1 Å². The molecule has 0 aromatic heterocycles. The van der Waals surface area contributed by atoms with Crippen LogP contribution in [0.15, 0.2) is 71.9 Å². The predicted molar refractivity (Wildman–Crippen MR) is 123 cm³/mol. The van der Waals surface area contributed by atoms with Crippen LogP contribution >= 0.6 is 0 Å². The van der Waals surface area contributed by atoms with E-state index in [1.165, 1.54) is 5.56 Å². The first kappa shape index (κ1) is 22.1. The van der Waals surface area contributed by atoms with Crippen LogP contribution in [0.25, 0.3) is 0 Å². The van der Waals surface area contributed by atoms with Gasteiger partial charge in [-0.2, -0.15) is 0 Å². The van der Waals surface area contributed by atoms with E-state index in [1.807, 2.05) is 62.4 Å². The van der Waals surface area contributed by atoms with Crippen LogP contribution in [-0.4, -0.2) is 30.7 Å². The quantitative estimate of drug-likeness (QED) is 0.669. The van der Waals surface area contributed by atoms with Gasteiger partial charge in [0.15, 0.2) is 0 Å². The van der Waals surface area contributed by atoms with Crippen LogP contribution in [0.2, 0.25) is 0 Å². The van der Waals surface area contributed by atoms with E-state index in [2.05, 4.69) is 24.4 Å². The van der Waals surface area contributed by atoms with Gasteiger partial charge in [-0.15, -0.1) is 0 Å². The van der Waals surface area contributed by atoms with Crippen molar-refractivity contribution in [1.29, 1.82) is 0 Å². The van der Waals surface area contributed by atoms with Crippen molar-refractivity contribution in [3.05, 3.63) is 83.1 Å². The van der Waals surface area contributed by atoms with Gasteiger partial charge in [0.2, 0.25) is 0 Å². The summed E-state index contributed by atoms with van der Waals surface area (Å²) >= 11 is 0. The van der Waals surface area contributed by atoms with Crippen molar-refractivity contribution in [3.63, 3.8) is 0 Å². The van der Waals surface area contributed by atoms with Gasteiger partial charge >= 0.3 is 11.9 Å². The number of carbonyl (C=O) groups is 2. The molecule has 0 unspecified atom stereocenters. The lowest BCUT2D eigenvalue weighted by Gasteiger charge is -2.67. The normalized spacial score (nSPS) is 28.8. The summed E-state index contributed by atoms with van der Waals surface area (Å²) in [5, 5.41) is 3.59. The van der Waals surface area contributed by atoms with E-state index >= 15 is 0 Å². The van der Waals surface area contributed by atoms with Gasteiger partial charge in [0.1, 0.15) is 5.41 Å². The molecule has 2 aromatic rings. The number of rotatable bonds is 6. The molecule has 1 fully saturated rings. The fourth-order valence-corrected chi connectivity index (χ4v) is 5.84. The standard InChI is InChI=1S/C27H31NO4/c1-5-31-24(29)22-18(3)28-26(4)21(19-13-9-7-10-14-19)17-27(26,25(30)32-6-2)23(22)20-15-11-8-12-16-20/h7-16,21,23,28H,5-6,17H2,1-4H3/t21-,23-,26+,27+/m0/s1. The SMILES string of the molecule is CCOC(=O)C1=C(C)N[C@]2(C)[C@H](c3ccccc3)C[C@]2(C(=O)OCC)[C@H]1c1ccccc1. The van der Waals surface area contributed by atoms with Crippen LogP contribution in [0, 0.1) is 5.41 Å². The zero-order valence-electron chi connectivity index (χ0n) is 19.2. The van der Waals surface area contributed by atoms with E-state index in [0.29, 0.717) is 12.0 Å². The number of hydrogen-bond acceptors (Lipinski definition) is 5. The van der Waals surface area contributed by atoms with Gasteiger partial charge in [0.05, 0.1) is 24.3 Å². The summed E-state index contributed by atoms with van der Waals surface area (Å²) in [6, 6.07) is 20.0. The van der Waals surface area contributed by atoms with Gasteiger partial charge in [-0.3, -0.25) is 4.79 Å². The van der Waals surface area contributed by atoms with Gasteiger partial charge in [-0.25, -0.2) is 4.79 Å². The van der Waals surface area contributed by atoms with Gasteiger partial charge in [0, 0.05) is 17.5 Å². The van der Waals surface area contributed by atoms with Gasteiger partial charge in [-0.1, -0.05) is 60.7 Å². The third kappa shape index (κ3) is 3.14. The molecule has 1 aliphatic carbocycles. The second-order valence-electron chi connectivity index (χ2n) is 8.79. The molecule has 0 spiro atoms. The van der Waals surface area contributed by atoms with Gasteiger partial charge in [-0.05, 0) is 45.2 Å². The number of carbonyl (C=O) groups excluding carboxylic acids is 2. The molecule has 4 rings (SSSR count). The van der Waals surface area contributed by atoms with Crippen molar-refractivity contribution in [1.82, 2.24) is 5.32 Å². The first-order valence-electron chi connectivity index (χ1n) is 11.3. The summed E-state index contributed by atoms with van der Waals surface area (Å²) in [6.45, 7) is 8.16. The molecule has 1 N–H and O–H groups in total. The molecule has 32 heavy (non-hydrogen) atoms. The summed E-state index contributed by atoms with van der Waals surface area (Å²) in [4.78, 5) is 26.9. The smallest absolute Gasteiger partial charge is 0.336 e. The number of nitrogens with one attached hydrogen (secondary N) is 1. The molecular weight excluding hydrogens is 402 g/mol. The maximum Gasteiger partial charge on any atom is 0.336 e. The molecule has 2 aromatic carbocycles. The zero-order valence-corrected chi connectivity index (χ0v) is 19.2. The predicted octanol–water partition coefficient (Wildman–Crippen LogP) is 4.71. The molecule has 1 saturated carbocycles. The second-order valence-corrected chi connectivity index (χ2v) is 8.79. The van der Waals surface area contributed by atoms with Crippen molar-refractivity contribution in [2.24, 2.45) is 5.41 Å². The summed E-state index contributed by atoms with van der Waals surface area (Å²) in [5.41, 5.74) is 1.78. The van der Waals surface area contributed by atoms with Crippen LogP contribution in [0.4, 0.5) is 0 Å². The molecule has 0 bridgehead atoms.